The zero-order valence-electron chi connectivity index (χ0n) is 14.1. The summed E-state index contributed by atoms with van der Waals surface area (Å²) in [4.78, 5) is 12.2. The molecule has 4 rings (SSSR count). The number of carbonyl (C=O) groups is 1. The first-order valence-corrected chi connectivity index (χ1v) is 9.56. The highest BCUT2D eigenvalue weighted by Crippen LogP contribution is 2.26. The third kappa shape index (κ3) is 3.91. The lowest BCUT2D eigenvalue weighted by Gasteiger charge is -2.04. The first-order valence-electron chi connectivity index (χ1n) is 7.85. The zero-order chi connectivity index (χ0) is 18.6. The van der Waals surface area contributed by atoms with Crippen LogP contribution in [-0.4, -0.2) is 37.7 Å². The Morgan fingerprint density at radius 3 is 3.00 bits per heavy atom. The summed E-state index contributed by atoms with van der Waals surface area (Å²) >= 11 is 2.27. The highest BCUT2D eigenvalue weighted by atomic mass is 32.2. The van der Waals surface area contributed by atoms with E-state index in [9.17, 15) is 4.79 Å². The van der Waals surface area contributed by atoms with Crippen molar-refractivity contribution < 1.29 is 13.9 Å². The van der Waals surface area contributed by atoms with Crippen LogP contribution >= 0.6 is 23.5 Å². The van der Waals surface area contributed by atoms with Crippen LogP contribution in [0, 0.1) is 0 Å². The van der Waals surface area contributed by atoms with E-state index in [0.717, 1.165) is 34.6 Å². The highest BCUT2D eigenvalue weighted by molar-refractivity contribution is 7.99. The Bertz CT molecular complexity index is 1090. The highest BCUT2D eigenvalue weighted by Gasteiger charge is 2.13. The van der Waals surface area contributed by atoms with Crippen molar-refractivity contribution in [2.24, 2.45) is 0 Å². The number of ether oxygens (including phenoxy) is 1. The van der Waals surface area contributed by atoms with E-state index in [4.69, 9.17) is 9.15 Å². The number of hydrogen-bond acceptors (Lipinski definition) is 9. The van der Waals surface area contributed by atoms with Crippen LogP contribution in [-0.2, 0) is 4.79 Å². The number of thioether (sulfide) groups is 1. The molecule has 0 aliphatic heterocycles. The summed E-state index contributed by atoms with van der Waals surface area (Å²) in [6.07, 6.45) is 0. The van der Waals surface area contributed by atoms with Crippen molar-refractivity contribution in [3.05, 3.63) is 42.5 Å². The number of hydrogen-bond donors (Lipinski definition) is 1. The number of methoxy groups -OCH3 is 1. The van der Waals surface area contributed by atoms with Crippen LogP contribution in [0.1, 0.15) is 0 Å². The number of nitrogens with one attached hydrogen (secondary N) is 1. The largest absolute Gasteiger partial charge is 0.497 e. The molecule has 2 heterocycles. The fourth-order valence-corrected chi connectivity index (χ4v) is 3.47. The van der Waals surface area contributed by atoms with E-state index in [1.165, 1.54) is 0 Å². The molecule has 1 N–H and O–H groups in total. The number of benzene rings is 2. The van der Waals surface area contributed by atoms with E-state index in [-0.39, 0.29) is 11.7 Å². The number of carbonyl (C=O) groups excluding carboxylic acids is 1. The monoisotopic (exact) mass is 399 g/mol. The molecule has 136 valence electrons. The molecule has 0 atom stereocenters. The Labute approximate surface area is 162 Å². The molecular formula is C17H13N5O3S2. The lowest BCUT2D eigenvalue weighted by molar-refractivity contribution is -0.113. The molecule has 0 aliphatic rings. The number of anilines is 1. The predicted molar refractivity (Wildman–Crippen MR) is 103 cm³/mol. The Morgan fingerprint density at radius 2 is 2.11 bits per heavy atom. The summed E-state index contributed by atoms with van der Waals surface area (Å²) in [6, 6.07) is 12.8. The van der Waals surface area contributed by atoms with Gasteiger partial charge in [0.2, 0.25) is 11.8 Å². The standard InChI is InChI=1S/C17H13N5O3S2/c1-24-11-5-2-4-10(8-11)16-19-20-17(25-16)26-9-14(23)18-12-6-3-7-13-15(12)22-27-21-13/h2-8H,9H2,1H3,(H,18,23). The van der Waals surface area contributed by atoms with Gasteiger partial charge >= 0.3 is 0 Å². The van der Waals surface area contributed by atoms with Crippen molar-refractivity contribution >= 4 is 46.1 Å². The summed E-state index contributed by atoms with van der Waals surface area (Å²) in [5.41, 5.74) is 2.82. The van der Waals surface area contributed by atoms with E-state index in [1.54, 1.807) is 19.2 Å². The second-order valence-electron chi connectivity index (χ2n) is 5.38. The molecule has 10 heteroatoms. The van der Waals surface area contributed by atoms with Crippen LogP contribution in [0.5, 0.6) is 5.75 Å². The van der Waals surface area contributed by atoms with Gasteiger partial charge in [0.1, 0.15) is 16.8 Å². The van der Waals surface area contributed by atoms with Crippen molar-refractivity contribution in [1.82, 2.24) is 18.9 Å². The lowest BCUT2D eigenvalue weighted by Crippen LogP contribution is -2.14. The third-order valence-corrected chi connectivity index (χ3v) is 4.97. The fourth-order valence-electron chi connectivity index (χ4n) is 2.36. The number of rotatable bonds is 6. The van der Waals surface area contributed by atoms with Crippen molar-refractivity contribution in [2.75, 3.05) is 18.2 Å². The molecular weight excluding hydrogens is 386 g/mol. The summed E-state index contributed by atoms with van der Waals surface area (Å²) in [6.45, 7) is 0. The quantitative estimate of drug-likeness (QED) is 0.492. The molecule has 0 radical (unpaired) electrons. The molecule has 2 aromatic carbocycles. The predicted octanol–water partition coefficient (Wildman–Crippen LogP) is 3.48. The molecule has 1 amide bonds. The van der Waals surface area contributed by atoms with Gasteiger partial charge in [-0.15, -0.1) is 10.2 Å². The minimum Gasteiger partial charge on any atom is -0.497 e. The van der Waals surface area contributed by atoms with Gasteiger partial charge in [-0.2, -0.15) is 8.75 Å². The molecule has 27 heavy (non-hydrogen) atoms. The second-order valence-corrected chi connectivity index (χ2v) is 6.83. The van der Waals surface area contributed by atoms with Crippen LogP contribution < -0.4 is 10.1 Å². The maximum absolute atomic E-state index is 12.2. The van der Waals surface area contributed by atoms with Crippen molar-refractivity contribution in [3.63, 3.8) is 0 Å². The van der Waals surface area contributed by atoms with Gasteiger partial charge in [-0.25, -0.2) is 0 Å². The maximum Gasteiger partial charge on any atom is 0.277 e. The zero-order valence-corrected chi connectivity index (χ0v) is 15.7. The van der Waals surface area contributed by atoms with Crippen LogP contribution in [0.4, 0.5) is 5.69 Å². The van der Waals surface area contributed by atoms with Crippen LogP contribution in [0.15, 0.2) is 52.1 Å². The molecule has 0 saturated heterocycles. The Balaban J connectivity index is 1.39. The minimum atomic E-state index is -0.193. The van der Waals surface area contributed by atoms with Gasteiger partial charge in [-0.1, -0.05) is 23.9 Å². The van der Waals surface area contributed by atoms with Crippen molar-refractivity contribution in [1.29, 1.82) is 0 Å². The van der Waals surface area contributed by atoms with E-state index in [0.29, 0.717) is 28.1 Å². The molecule has 4 aromatic rings. The van der Waals surface area contributed by atoms with Gasteiger partial charge in [0.05, 0.1) is 30.3 Å². The Morgan fingerprint density at radius 1 is 1.22 bits per heavy atom. The Hall–Kier alpha value is -2.98. The van der Waals surface area contributed by atoms with Crippen LogP contribution in [0.25, 0.3) is 22.5 Å². The molecule has 0 unspecified atom stereocenters. The number of nitrogens with zero attached hydrogens (tertiary/aromatic N) is 4. The summed E-state index contributed by atoms with van der Waals surface area (Å²) in [7, 11) is 1.59. The molecule has 2 aromatic heterocycles. The van der Waals surface area contributed by atoms with E-state index >= 15 is 0 Å². The minimum absolute atomic E-state index is 0.133. The number of amides is 1. The second kappa shape index (κ2) is 7.72. The molecule has 0 spiro atoms. The SMILES string of the molecule is COc1cccc(-c2nnc(SCC(=O)Nc3cccc4nsnc34)o2)c1. The van der Waals surface area contributed by atoms with Crippen LogP contribution in [0.3, 0.4) is 0 Å². The molecule has 0 fully saturated rings. The van der Waals surface area contributed by atoms with Gasteiger partial charge in [0, 0.05) is 5.56 Å². The third-order valence-electron chi connectivity index (χ3n) is 3.61. The summed E-state index contributed by atoms with van der Waals surface area (Å²) in [5.74, 6) is 1.01. The van der Waals surface area contributed by atoms with Gasteiger partial charge < -0.3 is 14.5 Å². The summed E-state index contributed by atoms with van der Waals surface area (Å²) in [5, 5.41) is 11.1. The fraction of sp³-hybridized carbons (Fsp3) is 0.118. The van der Waals surface area contributed by atoms with Gasteiger partial charge in [-0.3, -0.25) is 4.79 Å². The van der Waals surface area contributed by atoms with E-state index < -0.39 is 0 Å². The molecule has 0 aliphatic carbocycles. The van der Waals surface area contributed by atoms with Gasteiger partial charge in [0.15, 0.2) is 0 Å². The van der Waals surface area contributed by atoms with E-state index in [2.05, 4.69) is 24.3 Å². The molecule has 0 saturated carbocycles. The number of fused-ring (bicyclic) bond motifs is 1. The smallest absolute Gasteiger partial charge is 0.277 e. The lowest BCUT2D eigenvalue weighted by atomic mass is 10.2. The molecule has 0 bridgehead atoms. The topological polar surface area (TPSA) is 103 Å². The Kier molecular flexibility index (Phi) is 4.99. The first kappa shape index (κ1) is 17.4. The number of aromatic nitrogens is 4. The molecule has 8 nitrogen and oxygen atoms in total. The average Bonchev–Trinajstić information content (AvgIpc) is 3.36. The summed E-state index contributed by atoms with van der Waals surface area (Å²) < 4.78 is 19.2. The normalized spacial score (nSPS) is 10.9. The van der Waals surface area contributed by atoms with Gasteiger partial charge in [0.25, 0.3) is 5.22 Å². The van der Waals surface area contributed by atoms with E-state index in [1.807, 2.05) is 30.3 Å². The van der Waals surface area contributed by atoms with Crippen molar-refractivity contribution in [3.8, 4) is 17.2 Å². The average molecular weight is 399 g/mol. The first-order chi connectivity index (χ1) is 13.2. The van der Waals surface area contributed by atoms with Crippen LogP contribution in [0.2, 0.25) is 0 Å². The van der Waals surface area contributed by atoms with Crippen molar-refractivity contribution in [2.45, 2.75) is 5.22 Å². The van der Waals surface area contributed by atoms with Gasteiger partial charge in [-0.05, 0) is 30.3 Å². The maximum atomic E-state index is 12.2.